The summed E-state index contributed by atoms with van der Waals surface area (Å²) in [6.07, 6.45) is 1.21. The molecule has 36 heavy (non-hydrogen) atoms. The third-order valence-electron chi connectivity index (χ3n) is 7.26. The lowest BCUT2D eigenvalue weighted by Crippen LogP contribution is -2.49. The molecule has 0 radical (unpaired) electrons. The summed E-state index contributed by atoms with van der Waals surface area (Å²) >= 11 is 0. The van der Waals surface area contributed by atoms with E-state index in [0.29, 0.717) is 31.9 Å². The number of nitrogens with zero attached hydrogens (tertiary/aromatic N) is 5. The molecule has 10 heteroatoms. The SMILES string of the molecule is COc1ccc(S(=O)(=O)N2CCN(C(C)c3nc(N4CCC(O)CC4)c4ccccc4n3)CC2)cc1. The fraction of sp³-hybridized carbons (Fsp3) is 0.462. The van der Waals surface area contributed by atoms with Crippen LogP contribution in [0, 0.1) is 0 Å². The highest BCUT2D eigenvalue weighted by molar-refractivity contribution is 7.89. The van der Waals surface area contributed by atoms with Gasteiger partial charge in [-0.25, -0.2) is 18.4 Å². The summed E-state index contributed by atoms with van der Waals surface area (Å²) in [6, 6.07) is 14.5. The summed E-state index contributed by atoms with van der Waals surface area (Å²) in [5, 5.41) is 11.0. The van der Waals surface area contributed by atoms with E-state index in [2.05, 4.69) is 16.7 Å². The number of methoxy groups -OCH3 is 1. The summed E-state index contributed by atoms with van der Waals surface area (Å²) < 4.78 is 33.0. The quantitative estimate of drug-likeness (QED) is 0.539. The van der Waals surface area contributed by atoms with Crippen LogP contribution in [0.1, 0.15) is 31.6 Å². The Morgan fingerprint density at radius 2 is 1.61 bits per heavy atom. The lowest BCUT2D eigenvalue weighted by molar-refractivity contribution is 0.141. The van der Waals surface area contributed by atoms with Crippen LogP contribution in [0.4, 0.5) is 5.82 Å². The number of rotatable bonds is 6. The molecule has 2 aliphatic heterocycles. The first-order valence-electron chi connectivity index (χ1n) is 12.4. The van der Waals surface area contributed by atoms with Crippen molar-refractivity contribution in [3.05, 3.63) is 54.4 Å². The van der Waals surface area contributed by atoms with Gasteiger partial charge in [-0.3, -0.25) is 4.90 Å². The van der Waals surface area contributed by atoms with Crippen molar-refractivity contribution in [2.24, 2.45) is 0 Å². The Bertz CT molecular complexity index is 1300. The van der Waals surface area contributed by atoms with Crippen LogP contribution in [0.15, 0.2) is 53.4 Å². The number of anilines is 1. The van der Waals surface area contributed by atoms with Gasteiger partial charge in [-0.2, -0.15) is 4.31 Å². The second-order valence-electron chi connectivity index (χ2n) is 9.43. The fourth-order valence-electron chi connectivity index (χ4n) is 4.97. The van der Waals surface area contributed by atoms with Crippen molar-refractivity contribution in [3.8, 4) is 5.75 Å². The van der Waals surface area contributed by atoms with E-state index in [1.54, 1.807) is 35.7 Å². The summed E-state index contributed by atoms with van der Waals surface area (Å²) in [6.45, 7) is 5.61. The molecule has 0 aliphatic carbocycles. The summed E-state index contributed by atoms with van der Waals surface area (Å²) in [5.74, 6) is 2.28. The fourth-order valence-corrected chi connectivity index (χ4v) is 6.40. The van der Waals surface area contributed by atoms with Crippen LogP contribution < -0.4 is 9.64 Å². The van der Waals surface area contributed by atoms with Crippen molar-refractivity contribution in [3.63, 3.8) is 0 Å². The van der Waals surface area contributed by atoms with Gasteiger partial charge in [0.25, 0.3) is 0 Å². The average molecular weight is 512 g/mol. The normalized spacial score (nSPS) is 19.5. The Hall–Kier alpha value is -2.79. The molecule has 2 fully saturated rings. The molecule has 9 nitrogen and oxygen atoms in total. The van der Waals surface area contributed by atoms with E-state index >= 15 is 0 Å². The molecule has 0 amide bonds. The zero-order chi connectivity index (χ0) is 25.3. The third kappa shape index (κ3) is 4.90. The number of fused-ring (bicyclic) bond motifs is 1. The lowest BCUT2D eigenvalue weighted by Gasteiger charge is -2.37. The minimum Gasteiger partial charge on any atom is -0.497 e. The second-order valence-corrected chi connectivity index (χ2v) is 11.4. The number of piperazine rings is 1. The topological polar surface area (TPSA) is 99.1 Å². The number of aromatic nitrogens is 2. The van der Waals surface area contributed by atoms with E-state index in [1.807, 2.05) is 24.3 Å². The van der Waals surface area contributed by atoms with Crippen molar-refractivity contribution >= 4 is 26.7 Å². The Labute approximate surface area is 212 Å². The molecular weight excluding hydrogens is 478 g/mol. The van der Waals surface area contributed by atoms with Gasteiger partial charge < -0.3 is 14.7 Å². The number of hydrogen-bond donors (Lipinski definition) is 1. The van der Waals surface area contributed by atoms with Gasteiger partial charge in [-0.15, -0.1) is 0 Å². The van der Waals surface area contributed by atoms with Gasteiger partial charge in [-0.1, -0.05) is 12.1 Å². The van der Waals surface area contributed by atoms with Crippen molar-refractivity contribution in [1.29, 1.82) is 0 Å². The lowest BCUT2D eigenvalue weighted by atomic mass is 10.1. The first kappa shape index (κ1) is 24.9. The van der Waals surface area contributed by atoms with Crippen LogP contribution in [0.5, 0.6) is 5.75 Å². The molecule has 1 unspecified atom stereocenters. The number of sulfonamides is 1. The molecule has 2 aliphatic rings. The van der Waals surface area contributed by atoms with Crippen LogP contribution >= 0.6 is 0 Å². The Morgan fingerprint density at radius 1 is 0.944 bits per heavy atom. The first-order valence-corrected chi connectivity index (χ1v) is 13.9. The standard InChI is InChI=1S/C26H33N5O4S/c1-19(29-15-17-31(18-16-29)36(33,34)22-9-7-21(35-2)8-10-22)25-27-24-6-4-3-5-23(24)26(28-25)30-13-11-20(32)12-14-30/h3-10,19-20,32H,11-18H2,1-2H3. The number of aliphatic hydroxyl groups excluding tert-OH is 1. The van der Waals surface area contributed by atoms with E-state index < -0.39 is 10.0 Å². The number of benzene rings is 2. The molecule has 0 bridgehead atoms. The van der Waals surface area contributed by atoms with E-state index in [-0.39, 0.29) is 17.0 Å². The highest BCUT2D eigenvalue weighted by atomic mass is 32.2. The molecule has 2 aromatic carbocycles. The summed E-state index contributed by atoms with van der Waals surface area (Å²) in [5.41, 5.74) is 0.899. The number of aliphatic hydroxyl groups is 1. The minimum absolute atomic E-state index is 0.0606. The molecule has 192 valence electrons. The molecule has 3 heterocycles. The van der Waals surface area contributed by atoms with Crippen LogP contribution in [0.2, 0.25) is 0 Å². The smallest absolute Gasteiger partial charge is 0.243 e. The Balaban J connectivity index is 1.33. The maximum Gasteiger partial charge on any atom is 0.243 e. The summed E-state index contributed by atoms with van der Waals surface area (Å²) in [4.78, 5) is 14.6. The summed E-state index contributed by atoms with van der Waals surface area (Å²) in [7, 11) is -2.00. The zero-order valence-electron chi connectivity index (χ0n) is 20.7. The van der Waals surface area contributed by atoms with Crippen molar-refractivity contribution in [2.75, 3.05) is 51.3 Å². The van der Waals surface area contributed by atoms with E-state index in [9.17, 15) is 13.5 Å². The Morgan fingerprint density at radius 3 is 2.28 bits per heavy atom. The highest BCUT2D eigenvalue weighted by Gasteiger charge is 2.32. The molecule has 3 aromatic rings. The van der Waals surface area contributed by atoms with Crippen molar-refractivity contribution < 1.29 is 18.3 Å². The van der Waals surface area contributed by atoms with Gasteiger partial charge in [-0.05, 0) is 56.2 Å². The van der Waals surface area contributed by atoms with Crippen LogP contribution in [-0.4, -0.2) is 85.2 Å². The van der Waals surface area contributed by atoms with E-state index in [0.717, 1.165) is 48.5 Å². The van der Waals surface area contributed by atoms with Gasteiger partial charge in [0.15, 0.2) is 0 Å². The molecule has 0 spiro atoms. The van der Waals surface area contributed by atoms with Gasteiger partial charge >= 0.3 is 0 Å². The van der Waals surface area contributed by atoms with Crippen molar-refractivity contribution in [2.45, 2.75) is 36.8 Å². The van der Waals surface area contributed by atoms with E-state index in [4.69, 9.17) is 14.7 Å². The maximum atomic E-state index is 13.1. The molecular formula is C26H33N5O4S. The monoisotopic (exact) mass is 511 g/mol. The van der Waals surface area contributed by atoms with Gasteiger partial charge in [0, 0.05) is 44.7 Å². The van der Waals surface area contributed by atoms with Gasteiger partial charge in [0.05, 0.1) is 29.7 Å². The van der Waals surface area contributed by atoms with Crippen LogP contribution in [0.25, 0.3) is 10.9 Å². The number of ether oxygens (including phenoxy) is 1. The highest BCUT2D eigenvalue weighted by Crippen LogP contribution is 2.30. The molecule has 1 atom stereocenters. The second kappa shape index (κ2) is 10.3. The number of para-hydroxylation sites is 1. The van der Waals surface area contributed by atoms with Crippen LogP contribution in [0.3, 0.4) is 0 Å². The number of hydrogen-bond acceptors (Lipinski definition) is 8. The average Bonchev–Trinajstić information content (AvgIpc) is 2.92. The molecule has 1 aromatic heterocycles. The molecule has 0 saturated carbocycles. The third-order valence-corrected chi connectivity index (χ3v) is 9.17. The zero-order valence-corrected chi connectivity index (χ0v) is 21.6. The molecule has 5 rings (SSSR count). The Kier molecular flexibility index (Phi) is 7.11. The van der Waals surface area contributed by atoms with Crippen molar-refractivity contribution in [1.82, 2.24) is 19.2 Å². The minimum atomic E-state index is -3.56. The largest absolute Gasteiger partial charge is 0.497 e. The van der Waals surface area contributed by atoms with E-state index in [1.165, 1.54) is 0 Å². The number of piperidine rings is 1. The van der Waals surface area contributed by atoms with Crippen LogP contribution in [-0.2, 0) is 10.0 Å². The first-order chi connectivity index (χ1) is 17.4. The molecule has 1 N–H and O–H groups in total. The predicted molar refractivity (Wildman–Crippen MR) is 139 cm³/mol. The predicted octanol–water partition coefficient (Wildman–Crippen LogP) is 2.67. The van der Waals surface area contributed by atoms with Gasteiger partial charge in [0.1, 0.15) is 17.4 Å². The molecule has 2 saturated heterocycles. The van der Waals surface area contributed by atoms with Gasteiger partial charge in [0.2, 0.25) is 10.0 Å². The maximum absolute atomic E-state index is 13.1.